The van der Waals surface area contributed by atoms with Crippen molar-refractivity contribution in [2.75, 3.05) is 14.1 Å². The van der Waals surface area contributed by atoms with Gasteiger partial charge in [-0.3, -0.25) is 9.80 Å². The van der Waals surface area contributed by atoms with Crippen LogP contribution in [-0.4, -0.2) is 30.0 Å². The summed E-state index contributed by atoms with van der Waals surface area (Å²) in [5, 5.41) is 3.30. The fraction of sp³-hybridized carbons (Fsp3) is 0.364. The van der Waals surface area contributed by atoms with Gasteiger partial charge in [0.25, 0.3) is 5.91 Å². The van der Waals surface area contributed by atoms with Crippen molar-refractivity contribution < 1.29 is 9.18 Å². The molecule has 1 aliphatic heterocycles. The molecule has 0 N–H and O–H groups in total. The second-order valence-electron chi connectivity index (χ2n) is 3.90. The molecule has 1 aromatic carbocycles. The summed E-state index contributed by atoms with van der Waals surface area (Å²) >= 11 is 0. The van der Waals surface area contributed by atoms with Crippen LogP contribution >= 0.6 is 0 Å². The van der Waals surface area contributed by atoms with Crippen molar-refractivity contribution >= 4 is 5.91 Å². The highest BCUT2D eigenvalue weighted by Gasteiger charge is 2.26. The summed E-state index contributed by atoms with van der Waals surface area (Å²) in [6, 6.07) is 3.07. The highest BCUT2D eigenvalue weighted by Crippen LogP contribution is 2.23. The Kier molecular flexibility index (Phi) is 2.23. The van der Waals surface area contributed by atoms with Gasteiger partial charge in [0.1, 0.15) is 5.82 Å². The number of nitrogens with zero attached hydrogens (tertiary/aromatic N) is 2. The predicted octanol–water partition coefficient (Wildman–Crippen LogP) is 1.57. The third-order valence-electron chi connectivity index (χ3n) is 2.82. The van der Waals surface area contributed by atoms with Crippen molar-refractivity contribution in [3.63, 3.8) is 0 Å². The van der Waals surface area contributed by atoms with Crippen LogP contribution in [0.2, 0.25) is 0 Å². The van der Waals surface area contributed by atoms with Gasteiger partial charge in [-0.25, -0.2) is 9.40 Å². The lowest BCUT2D eigenvalue weighted by Gasteiger charge is -2.34. The van der Waals surface area contributed by atoms with Crippen molar-refractivity contribution in [3.8, 4) is 0 Å². The topological polar surface area (TPSA) is 23.6 Å². The molecule has 15 heavy (non-hydrogen) atoms. The molecular weight excluding hydrogens is 195 g/mol. The summed E-state index contributed by atoms with van der Waals surface area (Å²) in [6.07, 6.45) is 0. The standard InChI is InChI=1S/C11H13FN2O/c1-7-4-9-8(5-10(7)12)6-13(2)14(3)11(9)15/h4-5H,6H2,1-3H3. The molecule has 80 valence electrons. The van der Waals surface area contributed by atoms with E-state index in [-0.39, 0.29) is 11.7 Å². The highest BCUT2D eigenvalue weighted by atomic mass is 19.1. The van der Waals surface area contributed by atoms with Crippen molar-refractivity contribution in [1.29, 1.82) is 0 Å². The summed E-state index contributed by atoms with van der Waals surface area (Å²) in [7, 11) is 3.52. The van der Waals surface area contributed by atoms with Crippen LogP contribution in [-0.2, 0) is 6.54 Å². The molecule has 2 rings (SSSR count). The quantitative estimate of drug-likeness (QED) is 0.646. The highest BCUT2D eigenvalue weighted by molar-refractivity contribution is 5.96. The molecular formula is C11H13FN2O. The summed E-state index contributed by atoms with van der Waals surface area (Å²) in [5.41, 5.74) is 1.87. The normalized spacial score (nSPS) is 16.8. The number of hydrogen-bond donors (Lipinski definition) is 0. The maximum Gasteiger partial charge on any atom is 0.268 e. The summed E-state index contributed by atoms with van der Waals surface area (Å²) < 4.78 is 13.3. The zero-order valence-corrected chi connectivity index (χ0v) is 9.04. The van der Waals surface area contributed by atoms with E-state index in [1.54, 1.807) is 37.1 Å². The first-order chi connectivity index (χ1) is 7.00. The molecule has 1 aliphatic rings. The van der Waals surface area contributed by atoms with Crippen LogP contribution in [0.4, 0.5) is 4.39 Å². The van der Waals surface area contributed by atoms with Crippen molar-refractivity contribution in [2.45, 2.75) is 13.5 Å². The van der Waals surface area contributed by atoms with Crippen LogP contribution < -0.4 is 0 Å². The number of benzene rings is 1. The zero-order chi connectivity index (χ0) is 11.2. The van der Waals surface area contributed by atoms with Crippen LogP contribution in [0.5, 0.6) is 0 Å². The van der Waals surface area contributed by atoms with Crippen LogP contribution in [0.15, 0.2) is 12.1 Å². The van der Waals surface area contributed by atoms with Crippen LogP contribution in [0.1, 0.15) is 21.5 Å². The molecule has 0 aromatic heterocycles. The van der Waals surface area contributed by atoms with Gasteiger partial charge in [0.05, 0.1) is 0 Å². The first kappa shape index (κ1) is 10.1. The van der Waals surface area contributed by atoms with Gasteiger partial charge in [0.2, 0.25) is 0 Å². The maximum absolute atomic E-state index is 13.3. The van der Waals surface area contributed by atoms with Crippen molar-refractivity contribution in [1.82, 2.24) is 10.0 Å². The van der Waals surface area contributed by atoms with Gasteiger partial charge >= 0.3 is 0 Å². The SMILES string of the molecule is Cc1cc2c(cc1F)CN(C)N(C)C2=O. The second-order valence-corrected chi connectivity index (χ2v) is 3.90. The minimum Gasteiger partial charge on any atom is -0.274 e. The van der Waals surface area contributed by atoms with E-state index in [1.165, 1.54) is 6.07 Å². The van der Waals surface area contributed by atoms with Crippen LogP contribution in [0.3, 0.4) is 0 Å². The average molecular weight is 208 g/mol. The Morgan fingerprint density at radius 3 is 2.67 bits per heavy atom. The minimum atomic E-state index is -0.250. The fourth-order valence-electron chi connectivity index (χ4n) is 1.73. The molecule has 4 heteroatoms. The smallest absolute Gasteiger partial charge is 0.268 e. The Balaban J connectivity index is 2.56. The average Bonchev–Trinajstić information content (AvgIpc) is 2.19. The number of amides is 1. The molecule has 3 nitrogen and oxygen atoms in total. The number of carbonyl (C=O) groups excluding carboxylic acids is 1. The van der Waals surface area contributed by atoms with Gasteiger partial charge < -0.3 is 0 Å². The number of carbonyl (C=O) groups is 1. The zero-order valence-electron chi connectivity index (χ0n) is 9.04. The van der Waals surface area contributed by atoms with Gasteiger partial charge in [0.15, 0.2) is 0 Å². The lowest BCUT2D eigenvalue weighted by molar-refractivity contribution is 0.0102. The molecule has 0 spiro atoms. The van der Waals surface area contributed by atoms with Gasteiger partial charge in [0, 0.05) is 26.2 Å². The molecule has 0 bridgehead atoms. The summed E-state index contributed by atoms with van der Waals surface area (Å²) in [6.45, 7) is 2.23. The molecule has 0 radical (unpaired) electrons. The maximum atomic E-state index is 13.3. The van der Waals surface area contributed by atoms with E-state index >= 15 is 0 Å². The van der Waals surface area contributed by atoms with Crippen LogP contribution in [0.25, 0.3) is 0 Å². The van der Waals surface area contributed by atoms with E-state index in [4.69, 9.17) is 0 Å². The van der Waals surface area contributed by atoms with E-state index in [0.717, 1.165) is 5.56 Å². The Hall–Kier alpha value is -1.42. The summed E-state index contributed by atoms with van der Waals surface area (Å²) in [5.74, 6) is -0.332. The van der Waals surface area contributed by atoms with E-state index in [1.807, 2.05) is 0 Å². The molecule has 0 saturated carbocycles. The molecule has 0 saturated heterocycles. The molecule has 0 unspecified atom stereocenters. The first-order valence-electron chi connectivity index (χ1n) is 4.79. The largest absolute Gasteiger partial charge is 0.274 e. The number of fused-ring (bicyclic) bond motifs is 1. The van der Waals surface area contributed by atoms with E-state index in [9.17, 15) is 9.18 Å². The minimum absolute atomic E-state index is 0.0816. The Labute approximate surface area is 88.1 Å². The van der Waals surface area contributed by atoms with Crippen molar-refractivity contribution in [2.24, 2.45) is 0 Å². The monoisotopic (exact) mass is 208 g/mol. The fourth-order valence-corrected chi connectivity index (χ4v) is 1.73. The first-order valence-corrected chi connectivity index (χ1v) is 4.79. The van der Waals surface area contributed by atoms with Gasteiger partial charge in [-0.2, -0.15) is 0 Å². The number of rotatable bonds is 0. The second kappa shape index (κ2) is 3.31. The predicted molar refractivity (Wildman–Crippen MR) is 54.7 cm³/mol. The number of hydrogen-bond acceptors (Lipinski definition) is 2. The number of halogens is 1. The summed E-state index contributed by atoms with van der Waals surface area (Å²) in [4.78, 5) is 11.9. The molecule has 0 aliphatic carbocycles. The lowest BCUT2D eigenvalue weighted by Crippen LogP contribution is -2.45. The third-order valence-corrected chi connectivity index (χ3v) is 2.82. The Morgan fingerprint density at radius 2 is 2.00 bits per heavy atom. The molecule has 1 amide bonds. The molecule has 1 aromatic rings. The van der Waals surface area contributed by atoms with Gasteiger partial charge in [-0.15, -0.1) is 0 Å². The van der Waals surface area contributed by atoms with Crippen molar-refractivity contribution in [3.05, 3.63) is 34.6 Å². The lowest BCUT2D eigenvalue weighted by atomic mass is 10.0. The van der Waals surface area contributed by atoms with Crippen LogP contribution in [0, 0.1) is 12.7 Å². The molecule has 1 heterocycles. The van der Waals surface area contributed by atoms with Gasteiger partial charge in [-0.05, 0) is 30.2 Å². The molecule has 0 atom stereocenters. The number of aryl methyl sites for hydroxylation is 1. The molecule has 0 fully saturated rings. The number of hydrazine groups is 1. The van der Waals surface area contributed by atoms with Gasteiger partial charge in [-0.1, -0.05) is 0 Å². The van der Waals surface area contributed by atoms with E-state index in [0.29, 0.717) is 17.7 Å². The Bertz CT molecular complexity index is 431. The van der Waals surface area contributed by atoms with E-state index in [2.05, 4.69) is 0 Å². The third kappa shape index (κ3) is 1.51. The Morgan fingerprint density at radius 1 is 1.33 bits per heavy atom. The van der Waals surface area contributed by atoms with E-state index < -0.39 is 0 Å².